The Hall–Kier alpha value is -2.64. The largest absolute Gasteiger partial charge is 0.480 e. The Kier molecular flexibility index (Phi) is 5.65. The quantitative estimate of drug-likeness (QED) is 0.632. The lowest BCUT2D eigenvalue weighted by atomic mass is 10.1. The number of allylic oxidation sites excluding steroid dienone is 1. The maximum atomic E-state index is 11.8. The number of carboxylic acid groups (broad SMARTS) is 1. The number of hydrogen-bond donors (Lipinski definition) is 2. The minimum absolute atomic E-state index is 0.215. The summed E-state index contributed by atoms with van der Waals surface area (Å²) >= 11 is 0. The average Bonchev–Trinajstić information content (AvgIpc) is 2.43. The second-order valence-corrected chi connectivity index (χ2v) is 4.45. The van der Waals surface area contributed by atoms with Crippen LogP contribution in [0.4, 0.5) is 0 Å². The summed E-state index contributed by atoms with van der Waals surface area (Å²) in [6.45, 7) is 3.13. The average molecular weight is 295 g/mol. The van der Waals surface area contributed by atoms with Gasteiger partial charge in [0.2, 0.25) is 5.91 Å². The second kappa shape index (κ2) is 7.22. The van der Waals surface area contributed by atoms with Crippen molar-refractivity contribution in [1.29, 1.82) is 0 Å². The van der Waals surface area contributed by atoms with Crippen LogP contribution >= 0.6 is 0 Å². The van der Waals surface area contributed by atoms with E-state index in [-0.39, 0.29) is 13.0 Å². The zero-order valence-corrected chi connectivity index (χ0v) is 11.6. The van der Waals surface area contributed by atoms with Crippen molar-refractivity contribution in [3.8, 4) is 0 Å². The Bertz CT molecular complexity index is 659. The van der Waals surface area contributed by atoms with Crippen molar-refractivity contribution in [3.63, 3.8) is 0 Å². The summed E-state index contributed by atoms with van der Waals surface area (Å²) in [5, 5.41) is 11.3. The zero-order valence-electron chi connectivity index (χ0n) is 11.6. The van der Waals surface area contributed by atoms with Gasteiger partial charge in [-0.2, -0.15) is 0 Å². The van der Waals surface area contributed by atoms with E-state index in [9.17, 15) is 19.2 Å². The number of aromatic nitrogens is 2. The third-order valence-electron chi connectivity index (χ3n) is 2.87. The molecule has 0 aliphatic heterocycles. The highest BCUT2D eigenvalue weighted by Gasteiger charge is 2.19. The highest BCUT2D eigenvalue weighted by Crippen LogP contribution is 1.98. The van der Waals surface area contributed by atoms with Gasteiger partial charge in [0.15, 0.2) is 0 Å². The molecular formula is C13H17N3O5. The van der Waals surface area contributed by atoms with E-state index in [1.165, 1.54) is 13.2 Å². The molecular weight excluding hydrogens is 278 g/mol. The van der Waals surface area contributed by atoms with E-state index < -0.39 is 29.2 Å². The Balaban J connectivity index is 2.79. The van der Waals surface area contributed by atoms with Gasteiger partial charge in [-0.05, 0) is 12.8 Å². The van der Waals surface area contributed by atoms with Crippen molar-refractivity contribution >= 4 is 11.9 Å². The third kappa shape index (κ3) is 4.44. The molecule has 0 saturated carbocycles. The van der Waals surface area contributed by atoms with Crippen LogP contribution in [-0.2, 0) is 23.2 Å². The molecule has 0 radical (unpaired) electrons. The summed E-state index contributed by atoms with van der Waals surface area (Å²) in [5.41, 5.74) is -1.12. The summed E-state index contributed by atoms with van der Waals surface area (Å²) in [7, 11) is 1.29. The van der Waals surface area contributed by atoms with Gasteiger partial charge >= 0.3 is 11.7 Å². The van der Waals surface area contributed by atoms with E-state index in [4.69, 9.17) is 5.11 Å². The number of rotatable bonds is 7. The molecule has 0 aromatic carbocycles. The topological polar surface area (TPSA) is 110 Å². The lowest BCUT2D eigenvalue weighted by Crippen LogP contribution is -2.45. The predicted molar refractivity (Wildman–Crippen MR) is 74.9 cm³/mol. The first-order valence-corrected chi connectivity index (χ1v) is 6.26. The normalized spacial score (nSPS) is 11.7. The first-order valence-electron chi connectivity index (χ1n) is 6.26. The first kappa shape index (κ1) is 16.4. The lowest BCUT2D eigenvalue weighted by molar-refractivity contribution is -0.142. The van der Waals surface area contributed by atoms with Crippen LogP contribution in [0.1, 0.15) is 12.8 Å². The van der Waals surface area contributed by atoms with Crippen LogP contribution in [0.3, 0.4) is 0 Å². The molecule has 1 rings (SSSR count). The van der Waals surface area contributed by atoms with E-state index >= 15 is 0 Å². The molecule has 1 atom stereocenters. The van der Waals surface area contributed by atoms with Gasteiger partial charge in [0.1, 0.15) is 12.6 Å². The van der Waals surface area contributed by atoms with Crippen LogP contribution in [0, 0.1) is 0 Å². The number of amides is 1. The molecule has 1 unspecified atom stereocenters. The van der Waals surface area contributed by atoms with Crippen molar-refractivity contribution in [2.45, 2.75) is 25.4 Å². The van der Waals surface area contributed by atoms with Gasteiger partial charge in [-0.3, -0.25) is 18.7 Å². The molecule has 8 heteroatoms. The van der Waals surface area contributed by atoms with Gasteiger partial charge in [-0.15, -0.1) is 6.58 Å². The molecule has 0 spiro atoms. The van der Waals surface area contributed by atoms with Gasteiger partial charge in [-0.25, -0.2) is 9.59 Å². The monoisotopic (exact) mass is 295 g/mol. The van der Waals surface area contributed by atoms with Gasteiger partial charge in [0.05, 0.1) is 0 Å². The predicted octanol–water partition coefficient (Wildman–Crippen LogP) is -0.917. The molecule has 0 saturated heterocycles. The van der Waals surface area contributed by atoms with E-state index in [0.29, 0.717) is 6.42 Å². The summed E-state index contributed by atoms with van der Waals surface area (Å²) in [5.74, 6) is -1.77. The van der Waals surface area contributed by atoms with Crippen LogP contribution in [0.25, 0.3) is 0 Å². The maximum absolute atomic E-state index is 11.8. The molecule has 0 bridgehead atoms. The molecule has 1 heterocycles. The Morgan fingerprint density at radius 3 is 2.71 bits per heavy atom. The van der Waals surface area contributed by atoms with Crippen molar-refractivity contribution in [2.75, 3.05) is 0 Å². The highest BCUT2D eigenvalue weighted by atomic mass is 16.4. The van der Waals surface area contributed by atoms with Crippen LogP contribution < -0.4 is 16.6 Å². The van der Waals surface area contributed by atoms with E-state index in [1.54, 1.807) is 6.08 Å². The minimum Gasteiger partial charge on any atom is -0.480 e. The van der Waals surface area contributed by atoms with Crippen LogP contribution in [-0.4, -0.2) is 32.2 Å². The number of nitrogens with one attached hydrogen (secondary N) is 1. The lowest BCUT2D eigenvalue weighted by Gasteiger charge is -2.14. The SMILES string of the molecule is C=CCCC(NC(=O)Cn1ccc(=O)n(C)c1=O)C(=O)O. The van der Waals surface area contributed by atoms with Crippen LogP contribution in [0.15, 0.2) is 34.5 Å². The van der Waals surface area contributed by atoms with E-state index in [2.05, 4.69) is 11.9 Å². The highest BCUT2D eigenvalue weighted by molar-refractivity contribution is 5.83. The zero-order chi connectivity index (χ0) is 16.0. The Labute approximate surface area is 120 Å². The van der Waals surface area contributed by atoms with Gasteiger partial charge in [0, 0.05) is 19.3 Å². The number of carboxylic acids is 1. The van der Waals surface area contributed by atoms with E-state index in [1.807, 2.05) is 0 Å². The second-order valence-electron chi connectivity index (χ2n) is 4.45. The molecule has 1 aromatic heterocycles. The number of nitrogens with zero attached hydrogens (tertiary/aromatic N) is 2. The van der Waals surface area contributed by atoms with Crippen molar-refractivity contribution in [3.05, 3.63) is 45.8 Å². The molecule has 0 aliphatic rings. The molecule has 2 N–H and O–H groups in total. The first-order chi connectivity index (χ1) is 9.86. The molecule has 1 aromatic rings. The standard InChI is InChI=1S/C13H17N3O5/c1-3-4-5-9(12(19)20)14-10(17)8-16-7-6-11(18)15(2)13(16)21/h3,6-7,9H,1,4-5,8H2,2H3,(H,14,17)(H,19,20). The fourth-order valence-electron chi connectivity index (χ4n) is 1.67. The van der Waals surface area contributed by atoms with Crippen molar-refractivity contribution < 1.29 is 14.7 Å². The molecule has 0 aliphatic carbocycles. The van der Waals surface area contributed by atoms with E-state index in [0.717, 1.165) is 15.2 Å². The summed E-state index contributed by atoms with van der Waals surface area (Å²) in [6, 6.07) is 0.111. The summed E-state index contributed by atoms with van der Waals surface area (Å²) in [4.78, 5) is 45.7. The Morgan fingerprint density at radius 1 is 1.48 bits per heavy atom. The van der Waals surface area contributed by atoms with Crippen LogP contribution in [0.2, 0.25) is 0 Å². The molecule has 8 nitrogen and oxygen atoms in total. The maximum Gasteiger partial charge on any atom is 0.331 e. The smallest absolute Gasteiger partial charge is 0.331 e. The number of carbonyl (C=O) groups is 2. The fraction of sp³-hybridized carbons (Fsp3) is 0.385. The molecule has 1 amide bonds. The fourth-order valence-corrected chi connectivity index (χ4v) is 1.67. The van der Waals surface area contributed by atoms with Crippen molar-refractivity contribution in [1.82, 2.24) is 14.5 Å². The van der Waals surface area contributed by atoms with Gasteiger partial charge < -0.3 is 10.4 Å². The summed E-state index contributed by atoms with van der Waals surface area (Å²) < 4.78 is 1.89. The Morgan fingerprint density at radius 2 is 2.14 bits per heavy atom. The molecule has 114 valence electrons. The number of hydrogen-bond acceptors (Lipinski definition) is 4. The third-order valence-corrected chi connectivity index (χ3v) is 2.87. The summed E-state index contributed by atoms with van der Waals surface area (Å²) in [6.07, 6.45) is 3.41. The van der Waals surface area contributed by atoms with Crippen LogP contribution in [0.5, 0.6) is 0 Å². The molecule has 21 heavy (non-hydrogen) atoms. The number of carbonyl (C=O) groups excluding carboxylic acids is 1. The molecule has 0 fully saturated rings. The van der Waals surface area contributed by atoms with Crippen molar-refractivity contribution in [2.24, 2.45) is 7.05 Å². The van der Waals surface area contributed by atoms with Gasteiger partial charge in [0.25, 0.3) is 5.56 Å². The number of aliphatic carboxylic acids is 1. The minimum atomic E-state index is -1.15. The van der Waals surface area contributed by atoms with Gasteiger partial charge in [-0.1, -0.05) is 6.08 Å².